The molecule has 0 aromatic heterocycles. The third kappa shape index (κ3) is 2.90. The largest absolute Gasteiger partial charge is 0.445 e. The number of carbonyl (C=O) groups excluding carboxylic acids is 1. The minimum Gasteiger partial charge on any atom is -0.445 e. The summed E-state index contributed by atoms with van der Waals surface area (Å²) in [5.41, 5.74) is 0.950. The van der Waals surface area contributed by atoms with Crippen molar-refractivity contribution in [1.82, 2.24) is 4.90 Å². The molecule has 2 rings (SSSR count). The molecule has 1 amide bonds. The Labute approximate surface area is 106 Å². The molecule has 1 aromatic rings. The van der Waals surface area contributed by atoms with E-state index in [1.807, 2.05) is 30.3 Å². The predicted octanol–water partition coefficient (Wildman–Crippen LogP) is 1.80. The zero-order valence-electron chi connectivity index (χ0n) is 10.2. The van der Waals surface area contributed by atoms with E-state index >= 15 is 0 Å². The summed E-state index contributed by atoms with van der Waals surface area (Å²) in [7, 11) is 0. The summed E-state index contributed by atoms with van der Waals surface area (Å²) in [6.45, 7) is 4.68. The third-order valence-corrected chi connectivity index (χ3v) is 3.10. The highest BCUT2D eigenvalue weighted by Crippen LogP contribution is 2.18. The topological polar surface area (TPSA) is 49.8 Å². The number of aliphatic hydroxyl groups excluding tert-OH is 1. The van der Waals surface area contributed by atoms with Crippen molar-refractivity contribution in [2.45, 2.75) is 12.7 Å². The van der Waals surface area contributed by atoms with Gasteiger partial charge in [0.05, 0.1) is 12.6 Å². The Kier molecular flexibility index (Phi) is 3.99. The first-order chi connectivity index (χ1) is 8.70. The lowest BCUT2D eigenvalue weighted by atomic mass is 10.1. The lowest BCUT2D eigenvalue weighted by molar-refractivity contribution is 0.0969. The van der Waals surface area contributed by atoms with Gasteiger partial charge in [-0.3, -0.25) is 0 Å². The number of hydrogen-bond donors (Lipinski definition) is 1. The molecule has 1 N–H and O–H groups in total. The van der Waals surface area contributed by atoms with Gasteiger partial charge in [-0.15, -0.1) is 6.58 Å². The van der Waals surface area contributed by atoms with Crippen molar-refractivity contribution < 1.29 is 14.6 Å². The average molecular weight is 247 g/mol. The summed E-state index contributed by atoms with van der Waals surface area (Å²) in [6.07, 6.45) is 0.754. The molecule has 0 aliphatic carbocycles. The second kappa shape index (κ2) is 5.69. The normalized spacial score (nSPS) is 22.8. The SMILES string of the molecule is C=C[C@H]1CN(C(=O)OCc2ccccc2)C[C@@H]1O. The van der Waals surface area contributed by atoms with Gasteiger partial charge in [-0.05, 0) is 5.56 Å². The van der Waals surface area contributed by atoms with Gasteiger partial charge in [0.2, 0.25) is 0 Å². The number of nitrogens with zero attached hydrogens (tertiary/aromatic N) is 1. The lowest BCUT2D eigenvalue weighted by Gasteiger charge is -2.15. The molecule has 4 heteroatoms. The van der Waals surface area contributed by atoms with Crippen LogP contribution in [0.4, 0.5) is 4.79 Å². The number of benzene rings is 1. The van der Waals surface area contributed by atoms with Crippen LogP contribution >= 0.6 is 0 Å². The molecule has 1 heterocycles. The molecule has 1 fully saturated rings. The third-order valence-electron chi connectivity index (χ3n) is 3.10. The second-order valence-corrected chi connectivity index (χ2v) is 4.41. The van der Waals surface area contributed by atoms with Crippen LogP contribution in [-0.2, 0) is 11.3 Å². The predicted molar refractivity (Wildman–Crippen MR) is 67.9 cm³/mol. The first-order valence-electron chi connectivity index (χ1n) is 5.97. The average Bonchev–Trinajstić information content (AvgIpc) is 2.78. The Morgan fingerprint density at radius 3 is 2.78 bits per heavy atom. The zero-order chi connectivity index (χ0) is 13.0. The number of likely N-dealkylation sites (tertiary alicyclic amines) is 1. The molecule has 1 aromatic carbocycles. The van der Waals surface area contributed by atoms with Crippen LogP contribution in [0.5, 0.6) is 0 Å². The van der Waals surface area contributed by atoms with Crippen LogP contribution in [0.3, 0.4) is 0 Å². The van der Waals surface area contributed by atoms with Crippen LogP contribution in [0.1, 0.15) is 5.56 Å². The molecule has 1 saturated heterocycles. The van der Waals surface area contributed by atoms with Gasteiger partial charge in [0, 0.05) is 12.5 Å². The van der Waals surface area contributed by atoms with Crippen molar-refractivity contribution in [3.8, 4) is 0 Å². The van der Waals surface area contributed by atoms with Gasteiger partial charge in [-0.2, -0.15) is 0 Å². The van der Waals surface area contributed by atoms with Gasteiger partial charge in [-0.25, -0.2) is 4.79 Å². The molecule has 1 aliphatic rings. The van der Waals surface area contributed by atoms with E-state index in [4.69, 9.17) is 4.74 Å². The fourth-order valence-corrected chi connectivity index (χ4v) is 2.00. The second-order valence-electron chi connectivity index (χ2n) is 4.41. The Balaban J connectivity index is 1.84. The number of amides is 1. The van der Waals surface area contributed by atoms with E-state index < -0.39 is 6.10 Å². The van der Waals surface area contributed by atoms with Crippen LogP contribution in [-0.4, -0.2) is 35.3 Å². The minimum atomic E-state index is -0.535. The standard InChI is InChI=1S/C14H17NO3/c1-2-12-8-15(9-13(12)16)14(17)18-10-11-6-4-3-5-7-11/h2-7,12-13,16H,1,8-10H2/t12-,13-/m0/s1. The van der Waals surface area contributed by atoms with Gasteiger partial charge in [-0.1, -0.05) is 36.4 Å². The van der Waals surface area contributed by atoms with Crippen LogP contribution < -0.4 is 0 Å². The van der Waals surface area contributed by atoms with Gasteiger partial charge in [0.15, 0.2) is 0 Å². The monoisotopic (exact) mass is 247 g/mol. The van der Waals surface area contributed by atoms with Gasteiger partial charge >= 0.3 is 6.09 Å². The number of β-amino-alcohol motifs (C(OH)–C–C–N with tert-alkyl or cyclic N) is 1. The lowest BCUT2D eigenvalue weighted by Crippen LogP contribution is -2.30. The summed E-state index contributed by atoms with van der Waals surface area (Å²) in [5.74, 6) is -0.0609. The highest BCUT2D eigenvalue weighted by Gasteiger charge is 2.32. The zero-order valence-corrected chi connectivity index (χ0v) is 10.2. The fraction of sp³-hybridized carbons (Fsp3) is 0.357. The van der Waals surface area contributed by atoms with Crippen LogP contribution in [0, 0.1) is 5.92 Å². The van der Waals surface area contributed by atoms with E-state index in [0.717, 1.165) is 5.56 Å². The Bertz CT molecular complexity index is 418. The van der Waals surface area contributed by atoms with E-state index in [-0.39, 0.29) is 18.6 Å². The molecule has 96 valence electrons. The van der Waals surface area contributed by atoms with Crippen molar-refractivity contribution in [3.63, 3.8) is 0 Å². The molecule has 0 radical (unpaired) electrons. The van der Waals surface area contributed by atoms with E-state index in [2.05, 4.69) is 6.58 Å². The molecule has 2 atom stereocenters. The van der Waals surface area contributed by atoms with Crippen molar-refractivity contribution in [2.75, 3.05) is 13.1 Å². The minimum absolute atomic E-state index is 0.0609. The Morgan fingerprint density at radius 1 is 1.44 bits per heavy atom. The Hall–Kier alpha value is -1.81. The summed E-state index contributed by atoms with van der Waals surface area (Å²) in [4.78, 5) is 13.3. The van der Waals surface area contributed by atoms with E-state index in [1.54, 1.807) is 6.08 Å². The highest BCUT2D eigenvalue weighted by atomic mass is 16.6. The van der Waals surface area contributed by atoms with Crippen molar-refractivity contribution in [2.24, 2.45) is 5.92 Å². The molecule has 1 aliphatic heterocycles. The molecule has 4 nitrogen and oxygen atoms in total. The molecular formula is C14H17NO3. The first-order valence-corrected chi connectivity index (χ1v) is 5.97. The summed E-state index contributed by atoms with van der Waals surface area (Å²) >= 11 is 0. The number of aliphatic hydroxyl groups is 1. The molecule has 0 bridgehead atoms. The van der Waals surface area contributed by atoms with Crippen LogP contribution in [0.2, 0.25) is 0 Å². The van der Waals surface area contributed by atoms with E-state index in [9.17, 15) is 9.90 Å². The molecular weight excluding hydrogens is 230 g/mol. The molecule has 18 heavy (non-hydrogen) atoms. The highest BCUT2D eigenvalue weighted by molar-refractivity contribution is 5.68. The van der Waals surface area contributed by atoms with E-state index in [0.29, 0.717) is 13.1 Å². The smallest absolute Gasteiger partial charge is 0.410 e. The van der Waals surface area contributed by atoms with Gasteiger partial charge in [0.1, 0.15) is 6.61 Å². The number of rotatable bonds is 3. The maximum absolute atomic E-state index is 11.8. The number of ether oxygens (including phenoxy) is 1. The number of carbonyl (C=O) groups is 1. The molecule has 0 spiro atoms. The number of hydrogen-bond acceptors (Lipinski definition) is 3. The van der Waals surface area contributed by atoms with Crippen LogP contribution in [0.15, 0.2) is 43.0 Å². The van der Waals surface area contributed by atoms with Gasteiger partial charge < -0.3 is 14.7 Å². The van der Waals surface area contributed by atoms with Crippen LogP contribution in [0.25, 0.3) is 0 Å². The summed E-state index contributed by atoms with van der Waals surface area (Å²) in [6, 6.07) is 9.52. The van der Waals surface area contributed by atoms with Crippen molar-refractivity contribution >= 4 is 6.09 Å². The quantitative estimate of drug-likeness (QED) is 0.829. The van der Waals surface area contributed by atoms with Gasteiger partial charge in [0.25, 0.3) is 0 Å². The van der Waals surface area contributed by atoms with E-state index in [1.165, 1.54) is 4.90 Å². The maximum Gasteiger partial charge on any atom is 0.410 e. The first kappa shape index (κ1) is 12.6. The van der Waals surface area contributed by atoms with Crippen molar-refractivity contribution in [3.05, 3.63) is 48.6 Å². The maximum atomic E-state index is 11.8. The fourth-order valence-electron chi connectivity index (χ4n) is 2.00. The summed E-state index contributed by atoms with van der Waals surface area (Å²) < 4.78 is 5.19. The molecule has 0 saturated carbocycles. The van der Waals surface area contributed by atoms with Crippen molar-refractivity contribution in [1.29, 1.82) is 0 Å². The molecule has 0 unspecified atom stereocenters. The summed E-state index contributed by atoms with van der Waals surface area (Å²) in [5, 5.41) is 9.67. The Morgan fingerprint density at radius 2 is 2.17 bits per heavy atom.